The molecule has 0 bridgehead atoms. The third-order valence-electron chi connectivity index (χ3n) is 4.73. The van der Waals surface area contributed by atoms with Gasteiger partial charge in [0, 0.05) is 12.2 Å². The summed E-state index contributed by atoms with van der Waals surface area (Å²) >= 11 is 0. The zero-order valence-corrected chi connectivity index (χ0v) is 16.1. The molecule has 1 atom stereocenters. The number of halogens is 1. The summed E-state index contributed by atoms with van der Waals surface area (Å²) in [5, 5.41) is 5.66. The van der Waals surface area contributed by atoms with Crippen molar-refractivity contribution >= 4 is 17.5 Å². The average molecular weight is 384 g/mol. The quantitative estimate of drug-likeness (QED) is 0.796. The Morgan fingerprint density at radius 2 is 2.00 bits per heavy atom. The molecular formula is C22H25FN2O3. The average Bonchev–Trinajstić information content (AvgIpc) is 2.67. The van der Waals surface area contributed by atoms with Crippen molar-refractivity contribution < 1.29 is 18.7 Å². The maximum atomic E-state index is 13.8. The summed E-state index contributed by atoms with van der Waals surface area (Å²) in [6, 6.07) is 11.1. The fourth-order valence-electron chi connectivity index (χ4n) is 3.11. The van der Waals surface area contributed by atoms with Crippen molar-refractivity contribution in [3.05, 3.63) is 59.4 Å². The van der Waals surface area contributed by atoms with Gasteiger partial charge in [-0.15, -0.1) is 0 Å². The molecule has 6 heteroatoms. The molecule has 3 rings (SSSR count). The summed E-state index contributed by atoms with van der Waals surface area (Å²) < 4.78 is 19.5. The zero-order valence-electron chi connectivity index (χ0n) is 16.1. The molecule has 0 fully saturated rings. The lowest BCUT2D eigenvalue weighted by molar-refractivity contribution is -0.126. The van der Waals surface area contributed by atoms with E-state index in [0.29, 0.717) is 36.9 Å². The molecule has 148 valence electrons. The van der Waals surface area contributed by atoms with Crippen LogP contribution in [-0.4, -0.2) is 25.0 Å². The maximum absolute atomic E-state index is 13.8. The number of anilines is 1. The van der Waals surface area contributed by atoms with Crippen molar-refractivity contribution in [3.8, 4) is 5.75 Å². The summed E-state index contributed by atoms with van der Waals surface area (Å²) in [5.74, 6) is -0.138. The number of hydrogen-bond acceptors (Lipinski definition) is 3. The van der Waals surface area contributed by atoms with Gasteiger partial charge in [0.15, 0.2) is 0 Å². The number of ether oxygens (including phenoxy) is 1. The number of hydrogen-bond donors (Lipinski definition) is 2. The molecule has 2 aromatic carbocycles. The Labute approximate surface area is 164 Å². The third kappa shape index (κ3) is 4.88. The first-order chi connectivity index (χ1) is 13.4. The second-order valence-corrected chi connectivity index (χ2v) is 7.44. The van der Waals surface area contributed by atoms with E-state index in [9.17, 15) is 14.0 Å². The summed E-state index contributed by atoms with van der Waals surface area (Å²) in [6.45, 7) is 5.21. The number of nitrogens with one attached hydrogen (secondary N) is 2. The molecule has 1 unspecified atom stereocenters. The Bertz CT molecular complexity index is 867. The van der Waals surface area contributed by atoms with E-state index in [1.807, 2.05) is 0 Å². The molecule has 2 N–H and O–H groups in total. The van der Waals surface area contributed by atoms with Crippen molar-refractivity contribution in [3.63, 3.8) is 0 Å². The Kier molecular flexibility index (Phi) is 6.29. The summed E-state index contributed by atoms with van der Waals surface area (Å²) in [7, 11) is 0. The molecule has 2 aromatic rings. The fraction of sp³-hybridized carbons (Fsp3) is 0.364. The SMILES string of the molecule is CC(C)CCNC(=O)C1COc2ccc(NC(=O)c3ccccc3F)cc2C1. The van der Waals surface area contributed by atoms with Gasteiger partial charge in [-0.3, -0.25) is 9.59 Å². The molecule has 0 radical (unpaired) electrons. The standard InChI is InChI=1S/C22H25FN2O3/c1-14(2)9-10-24-21(26)16-11-15-12-17(7-8-20(15)28-13-16)25-22(27)18-5-3-4-6-19(18)23/h3-8,12,14,16H,9-11,13H2,1-2H3,(H,24,26)(H,25,27). The molecule has 0 spiro atoms. The van der Waals surface area contributed by atoms with E-state index in [1.165, 1.54) is 18.2 Å². The van der Waals surface area contributed by atoms with Crippen molar-refractivity contribution in [2.75, 3.05) is 18.5 Å². The molecule has 0 aliphatic carbocycles. The van der Waals surface area contributed by atoms with E-state index < -0.39 is 11.7 Å². The van der Waals surface area contributed by atoms with Gasteiger partial charge in [-0.1, -0.05) is 26.0 Å². The van der Waals surface area contributed by atoms with Crippen LogP contribution < -0.4 is 15.4 Å². The molecule has 1 aliphatic heterocycles. The normalized spacial score (nSPS) is 15.5. The highest BCUT2D eigenvalue weighted by molar-refractivity contribution is 6.04. The van der Waals surface area contributed by atoms with Crippen molar-refractivity contribution in [2.24, 2.45) is 11.8 Å². The molecule has 1 heterocycles. The minimum absolute atomic E-state index is 0.0149. The van der Waals surface area contributed by atoms with Crippen LogP contribution in [0, 0.1) is 17.7 Å². The van der Waals surface area contributed by atoms with Gasteiger partial charge >= 0.3 is 0 Å². The predicted octanol–water partition coefficient (Wildman–Crippen LogP) is 3.79. The van der Waals surface area contributed by atoms with Crippen molar-refractivity contribution in [1.82, 2.24) is 5.32 Å². The van der Waals surface area contributed by atoms with Crippen LogP contribution in [0.25, 0.3) is 0 Å². The molecule has 2 amide bonds. The first-order valence-electron chi connectivity index (χ1n) is 9.53. The fourth-order valence-corrected chi connectivity index (χ4v) is 3.11. The molecule has 28 heavy (non-hydrogen) atoms. The van der Waals surface area contributed by atoms with Crippen LogP contribution in [0.5, 0.6) is 5.75 Å². The van der Waals surface area contributed by atoms with Crippen LogP contribution >= 0.6 is 0 Å². The highest BCUT2D eigenvalue weighted by atomic mass is 19.1. The Balaban J connectivity index is 1.65. The summed E-state index contributed by atoms with van der Waals surface area (Å²) in [6.07, 6.45) is 1.47. The van der Waals surface area contributed by atoms with Gasteiger partial charge in [0.25, 0.3) is 5.91 Å². The number of carbonyl (C=O) groups is 2. The van der Waals surface area contributed by atoms with Crippen LogP contribution in [0.1, 0.15) is 36.2 Å². The lowest BCUT2D eigenvalue weighted by Crippen LogP contribution is -2.38. The van der Waals surface area contributed by atoms with Crippen molar-refractivity contribution in [1.29, 1.82) is 0 Å². The van der Waals surface area contributed by atoms with Gasteiger partial charge in [-0.2, -0.15) is 0 Å². The van der Waals surface area contributed by atoms with E-state index in [1.54, 1.807) is 24.3 Å². The Morgan fingerprint density at radius 3 is 2.75 bits per heavy atom. The van der Waals surface area contributed by atoms with E-state index >= 15 is 0 Å². The second-order valence-electron chi connectivity index (χ2n) is 7.44. The molecule has 0 saturated heterocycles. The number of benzene rings is 2. The number of rotatable bonds is 6. The molecule has 5 nitrogen and oxygen atoms in total. The van der Waals surface area contributed by atoms with Gasteiger partial charge < -0.3 is 15.4 Å². The van der Waals surface area contributed by atoms with Crippen LogP contribution in [0.3, 0.4) is 0 Å². The summed E-state index contributed by atoms with van der Waals surface area (Å²) in [4.78, 5) is 24.7. The molecule has 0 saturated carbocycles. The number of carbonyl (C=O) groups excluding carboxylic acids is 2. The smallest absolute Gasteiger partial charge is 0.258 e. The van der Waals surface area contributed by atoms with Gasteiger partial charge in [0.1, 0.15) is 18.2 Å². The van der Waals surface area contributed by atoms with E-state index in [2.05, 4.69) is 24.5 Å². The molecular weight excluding hydrogens is 359 g/mol. The lowest BCUT2D eigenvalue weighted by Gasteiger charge is -2.25. The van der Waals surface area contributed by atoms with Gasteiger partial charge in [0.05, 0.1) is 11.5 Å². The Hall–Kier alpha value is -2.89. The van der Waals surface area contributed by atoms with Crippen LogP contribution in [0.15, 0.2) is 42.5 Å². The third-order valence-corrected chi connectivity index (χ3v) is 4.73. The first kappa shape index (κ1) is 19.9. The predicted molar refractivity (Wildman–Crippen MR) is 106 cm³/mol. The van der Waals surface area contributed by atoms with E-state index in [-0.39, 0.29) is 17.4 Å². The van der Waals surface area contributed by atoms with Gasteiger partial charge in [-0.25, -0.2) is 4.39 Å². The minimum Gasteiger partial charge on any atom is -0.492 e. The maximum Gasteiger partial charge on any atom is 0.258 e. The van der Waals surface area contributed by atoms with Gasteiger partial charge in [-0.05, 0) is 54.7 Å². The molecule has 1 aliphatic rings. The number of fused-ring (bicyclic) bond motifs is 1. The van der Waals surface area contributed by atoms with Gasteiger partial charge in [0.2, 0.25) is 5.91 Å². The zero-order chi connectivity index (χ0) is 20.1. The highest BCUT2D eigenvalue weighted by Gasteiger charge is 2.26. The van der Waals surface area contributed by atoms with Crippen LogP contribution in [0.4, 0.5) is 10.1 Å². The number of amides is 2. The highest BCUT2D eigenvalue weighted by Crippen LogP contribution is 2.30. The van der Waals surface area contributed by atoms with Crippen molar-refractivity contribution in [2.45, 2.75) is 26.7 Å². The lowest BCUT2D eigenvalue weighted by atomic mass is 9.95. The topological polar surface area (TPSA) is 67.4 Å². The van der Waals surface area contributed by atoms with Crippen LogP contribution in [-0.2, 0) is 11.2 Å². The first-order valence-corrected chi connectivity index (χ1v) is 9.53. The molecule has 0 aromatic heterocycles. The van der Waals surface area contributed by atoms with E-state index in [4.69, 9.17) is 4.74 Å². The summed E-state index contributed by atoms with van der Waals surface area (Å²) in [5.41, 5.74) is 1.37. The Morgan fingerprint density at radius 1 is 1.21 bits per heavy atom. The largest absolute Gasteiger partial charge is 0.492 e. The monoisotopic (exact) mass is 384 g/mol. The second kappa shape index (κ2) is 8.87. The minimum atomic E-state index is -0.570. The van der Waals surface area contributed by atoms with Crippen LogP contribution in [0.2, 0.25) is 0 Å². The van der Waals surface area contributed by atoms with E-state index in [0.717, 1.165) is 12.0 Å².